The SMILES string of the molecule is CCCCOC(=O)C1C(C)=NC2=C(C(=O)C[C@H](c3ccc(OC)c(OC)c3)C2)[C@H]1c1cc(OC)c(OC)cc1Br. The van der Waals surface area contributed by atoms with E-state index >= 15 is 0 Å². The fourth-order valence-corrected chi connectivity index (χ4v) is 6.13. The molecule has 2 aromatic carbocycles. The van der Waals surface area contributed by atoms with Crippen LogP contribution in [0.2, 0.25) is 0 Å². The second kappa shape index (κ2) is 12.9. The van der Waals surface area contributed by atoms with Gasteiger partial charge in [0.25, 0.3) is 0 Å². The Morgan fingerprint density at radius 3 is 2.25 bits per heavy atom. The minimum absolute atomic E-state index is 0.0460. The number of rotatable bonds is 10. The van der Waals surface area contributed by atoms with Gasteiger partial charge < -0.3 is 23.7 Å². The number of hydrogen-bond acceptors (Lipinski definition) is 8. The summed E-state index contributed by atoms with van der Waals surface area (Å²) in [6.07, 6.45) is 2.50. The molecular weight excluding hydrogens is 578 g/mol. The van der Waals surface area contributed by atoms with E-state index in [1.807, 2.05) is 38.1 Å². The van der Waals surface area contributed by atoms with E-state index in [1.165, 1.54) is 0 Å². The van der Waals surface area contributed by atoms with Crippen LogP contribution < -0.4 is 18.9 Å². The Morgan fingerprint density at radius 2 is 1.60 bits per heavy atom. The fraction of sp³-hybridized carbons (Fsp3) is 0.452. The lowest BCUT2D eigenvalue weighted by atomic mass is 9.69. The Bertz CT molecular complexity index is 1350. The molecule has 0 fully saturated rings. The minimum atomic E-state index is -0.744. The van der Waals surface area contributed by atoms with Gasteiger partial charge in [0.15, 0.2) is 28.8 Å². The van der Waals surface area contributed by atoms with Gasteiger partial charge in [-0.1, -0.05) is 35.3 Å². The van der Waals surface area contributed by atoms with Gasteiger partial charge in [0.05, 0.1) is 35.0 Å². The molecule has 1 heterocycles. The number of aliphatic imine (C=N–C) groups is 1. The molecule has 1 aliphatic carbocycles. The maximum atomic E-state index is 14.0. The molecule has 0 radical (unpaired) electrons. The second-order valence-corrected chi connectivity index (χ2v) is 10.8. The first-order valence-electron chi connectivity index (χ1n) is 13.4. The number of ketones is 1. The summed E-state index contributed by atoms with van der Waals surface area (Å²) in [6, 6.07) is 9.36. The van der Waals surface area contributed by atoms with Crippen molar-refractivity contribution in [2.45, 2.75) is 51.4 Å². The molecule has 1 aliphatic heterocycles. The van der Waals surface area contributed by atoms with E-state index in [0.29, 0.717) is 57.5 Å². The molecule has 0 N–H and O–H groups in total. The van der Waals surface area contributed by atoms with Crippen LogP contribution in [0.5, 0.6) is 23.0 Å². The summed E-state index contributed by atoms with van der Waals surface area (Å²) in [6.45, 7) is 4.19. The molecule has 4 rings (SSSR count). The second-order valence-electron chi connectivity index (χ2n) is 9.96. The molecule has 40 heavy (non-hydrogen) atoms. The minimum Gasteiger partial charge on any atom is -0.493 e. The number of ether oxygens (including phenoxy) is 5. The third-order valence-corrected chi connectivity index (χ3v) is 8.29. The van der Waals surface area contributed by atoms with Crippen molar-refractivity contribution in [1.82, 2.24) is 0 Å². The number of carbonyl (C=O) groups is 2. The number of Topliss-reactive ketones (excluding diaryl/α,β-unsaturated/α-hetero) is 1. The van der Waals surface area contributed by atoms with Crippen LogP contribution in [0.4, 0.5) is 0 Å². The summed E-state index contributed by atoms with van der Waals surface area (Å²) in [5.41, 5.74) is 3.57. The number of hydrogen-bond donors (Lipinski definition) is 0. The van der Waals surface area contributed by atoms with E-state index in [1.54, 1.807) is 34.5 Å². The van der Waals surface area contributed by atoms with Gasteiger partial charge in [-0.3, -0.25) is 14.6 Å². The van der Waals surface area contributed by atoms with E-state index in [-0.39, 0.29) is 24.1 Å². The third-order valence-electron chi connectivity index (χ3n) is 7.60. The summed E-state index contributed by atoms with van der Waals surface area (Å²) in [7, 11) is 6.31. The van der Waals surface area contributed by atoms with E-state index in [4.69, 9.17) is 28.7 Å². The topological polar surface area (TPSA) is 92.7 Å². The molecule has 9 heteroatoms. The Labute approximate surface area is 243 Å². The predicted octanol–water partition coefficient (Wildman–Crippen LogP) is 6.40. The van der Waals surface area contributed by atoms with Crippen LogP contribution in [-0.4, -0.2) is 52.5 Å². The van der Waals surface area contributed by atoms with Gasteiger partial charge in [-0.15, -0.1) is 0 Å². The molecule has 0 spiro atoms. The lowest BCUT2D eigenvalue weighted by molar-refractivity contribution is -0.146. The molecular formula is C31H36BrNO7. The number of unbranched alkanes of at least 4 members (excludes halogenated alkanes) is 1. The molecule has 0 saturated carbocycles. The quantitative estimate of drug-likeness (QED) is 0.226. The number of halogens is 1. The van der Waals surface area contributed by atoms with Crippen LogP contribution >= 0.6 is 15.9 Å². The van der Waals surface area contributed by atoms with Crippen molar-refractivity contribution >= 4 is 33.4 Å². The fourth-order valence-electron chi connectivity index (χ4n) is 5.56. The summed E-state index contributed by atoms with van der Waals surface area (Å²) in [5.74, 6) is 0.427. The molecule has 0 saturated heterocycles. The highest BCUT2D eigenvalue weighted by atomic mass is 79.9. The zero-order valence-electron chi connectivity index (χ0n) is 23.8. The average Bonchev–Trinajstić information content (AvgIpc) is 2.95. The van der Waals surface area contributed by atoms with Crippen LogP contribution in [0.3, 0.4) is 0 Å². The highest BCUT2D eigenvalue weighted by Crippen LogP contribution is 2.50. The van der Waals surface area contributed by atoms with Crippen molar-refractivity contribution in [3.63, 3.8) is 0 Å². The van der Waals surface area contributed by atoms with Crippen LogP contribution in [0.15, 0.2) is 51.1 Å². The highest BCUT2D eigenvalue weighted by Gasteiger charge is 2.45. The Balaban J connectivity index is 1.82. The van der Waals surface area contributed by atoms with Crippen LogP contribution in [-0.2, 0) is 14.3 Å². The lowest BCUT2D eigenvalue weighted by Gasteiger charge is -2.37. The summed E-state index contributed by atoms with van der Waals surface area (Å²) >= 11 is 3.67. The van der Waals surface area contributed by atoms with Gasteiger partial charge in [-0.05, 0) is 61.1 Å². The summed E-state index contributed by atoms with van der Waals surface area (Å²) in [4.78, 5) is 32.4. The largest absolute Gasteiger partial charge is 0.493 e. The molecule has 1 unspecified atom stereocenters. The van der Waals surface area contributed by atoms with Crippen LogP contribution in [0.25, 0.3) is 0 Å². The first-order valence-corrected chi connectivity index (χ1v) is 14.2. The van der Waals surface area contributed by atoms with Crippen molar-refractivity contribution in [2.75, 3.05) is 35.0 Å². The average molecular weight is 615 g/mol. The van der Waals surface area contributed by atoms with Gasteiger partial charge in [0.2, 0.25) is 0 Å². The monoisotopic (exact) mass is 613 g/mol. The van der Waals surface area contributed by atoms with Gasteiger partial charge in [0.1, 0.15) is 5.92 Å². The van der Waals surface area contributed by atoms with Crippen molar-refractivity contribution in [3.05, 3.63) is 57.2 Å². The van der Waals surface area contributed by atoms with Crippen molar-refractivity contribution in [1.29, 1.82) is 0 Å². The number of nitrogens with zero attached hydrogens (tertiary/aromatic N) is 1. The standard InChI is InChI=1S/C31H36BrNO7/c1-7-8-11-40-31(35)28-17(2)33-22-12-19(18-9-10-24(36-3)25(14-18)37-4)13-23(34)30(22)29(28)20-15-26(38-5)27(39-6)16-21(20)32/h9-10,14-16,19,28-29H,7-8,11-13H2,1-6H3/t19-,28?,29+/m1/s1. The number of carbonyl (C=O) groups excluding carboxylic acids is 2. The molecule has 214 valence electrons. The Kier molecular flexibility index (Phi) is 9.56. The third kappa shape index (κ3) is 5.75. The summed E-state index contributed by atoms with van der Waals surface area (Å²) in [5, 5.41) is 0. The van der Waals surface area contributed by atoms with Crippen LogP contribution in [0, 0.1) is 5.92 Å². The molecule has 0 amide bonds. The van der Waals surface area contributed by atoms with Crippen molar-refractivity contribution < 1.29 is 33.3 Å². The molecule has 8 nitrogen and oxygen atoms in total. The Hall–Kier alpha value is -3.33. The van der Waals surface area contributed by atoms with Gasteiger partial charge in [-0.2, -0.15) is 0 Å². The zero-order chi connectivity index (χ0) is 29.0. The number of esters is 1. The zero-order valence-corrected chi connectivity index (χ0v) is 25.4. The normalized spacial score (nSPS) is 20.4. The lowest BCUT2D eigenvalue weighted by Crippen LogP contribution is -2.38. The van der Waals surface area contributed by atoms with E-state index < -0.39 is 11.8 Å². The van der Waals surface area contributed by atoms with Gasteiger partial charge in [-0.25, -0.2) is 0 Å². The molecule has 2 aromatic rings. The van der Waals surface area contributed by atoms with Crippen molar-refractivity contribution in [2.24, 2.45) is 10.9 Å². The van der Waals surface area contributed by atoms with Gasteiger partial charge in [0, 0.05) is 33.8 Å². The molecule has 2 aliphatic rings. The molecule has 0 aromatic heterocycles. The molecule has 3 atom stereocenters. The maximum absolute atomic E-state index is 14.0. The van der Waals surface area contributed by atoms with E-state index in [0.717, 1.165) is 24.0 Å². The van der Waals surface area contributed by atoms with E-state index in [9.17, 15) is 9.59 Å². The highest BCUT2D eigenvalue weighted by molar-refractivity contribution is 9.10. The maximum Gasteiger partial charge on any atom is 0.315 e. The van der Waals surface area contributed by atoms with E-state index in [2.05, 4.69) is 15.9 Å². The first kappa shape index (κ1) is 29.6. The number of allylic oxidation sites excluding steroid dienone is 2. The first-order chi connectivity index (χ1) is 19.3. The Morgan fingerprint density at radius 1 is 0.950 bits per heavy atom. The van der Waals surface area contributed by atoms with Gasteiger partial charge >= 0.3 is 5.97 Å². The summed E-state index contributed by atoms with van der Waals surface area (Å²) < 4.78 is 28.3. The number of benzene rings is 2. The molecule has 0 bridgehead atoms. The predicted molar refractivity (Wildman–Crippen MR) is 156 cm³/mol. The van der Waals surface area contributed by atoms with Crippen molar-refractivity contribution in [3.8, 4) is 23.0 Å². The number of methoxy groups -OCH3 is 4. The smallest absolute Gasteiger partial charge is 0.315 e. The van der Waals surface area contributed by atoms with Crippen LogP contribution in [0.1, 0.15) is 62.5 Å².